The number of carbonyl (C=O) groups is 4. The highest BCUT2D eigenvalue weighted by Crippen LogP contribution is 2.66. The molecule has 0 spiro atoms. The van der Waals surface area contributed by atoms with E-state index in [1.54, 1.807) is 12.2 Å². The number of nitrogens with zero attached hydrogens (tertiary/aromatic N) is 1. The van der Waals surface area contributed by atoms with Gasteiger partial charge in [-0.25, -0.2) is 9.59 Å². The van der Waals surface area contributed by atoms with Crippen LogP contribution in [0.3, 0.4) is 0 Å². The Bertz CT molecular complexity index is 1480. The number of esters is 1. The molecule has 4 aliphatic carbocycles. The number of ketones is 2. The highest BCUT2D eigenvalue weighted by atomic mass is 16.9. The molecule has 0 radical (unpaired) electrons. The van der Waals surface area contributed by atoms with Crippen molar-refractivity contribution in [1.82, 2.24) is 0 Å². The van der Waals surface area contributed by atoms with Gasteiger partial charge in [-0.3, -0.25) is 9.59 Å². The SMILES string of the molecule is COc1cc(C(=O)OCCCCO[N+](=O)[O-])ccc1OC(=O)OCC(=O)C1CCC2C3CCC4=CC(=O)C=CC4(C)C3C(O)CC12C. The minimum absolute atomic E-state index is 0.0134. The fourth-order valence-electron chi connectivity index (χ4n) is 8.67. The summed E-state index contributed by atoms with van der Waals surface area (Å²) in [6.07, 6.45) is 7.80. The molecule has 0 heterocycles. The van der Waals surface area contributed by atoms with Crippen LogP contribution in [-0.2, 0) is 23.9 Å². The molecule has 254 valence electrons. The normalized spacial score (nSPS) is 30.6. The van der Waals surface area contributed by atoms with Crippen LogP contribution >= 0.6 is 0 Å². The number of aliphatic hydroxyl groups is 1. The topological polar surface area (TPSA) is 178 Å². The number of aliphatic hydroxyl groups excluding tert-OH is 1. The first-order valence-electron chi connectivity index (χ1n) is 16.0. The summed E-state index contributed by atoms with van der Waals surface area (Å²) in [6.45, 7) is 3.63. The Morgan fingerprint density at radius 2 is 1.83 bits per heavy atom. The number of methoxy groups -OCH3 is 1. The Hall–Kier alpha value is -4.26. The minimum atomic E-state index is -1.11. The van der Waals surface area contributed by atoms with Gasteiger partial charge in [0.2, 0.25) is 0 Å². The van der Waals surface area contributed by atoms with E-state index in [0.29, 0.717) is 25.7 Å². The van der Waals surface area contributed by atoms with E-state index in [1.165, 1.54) is 25.3 Å². The number of hydrogen-bond donors (Lipinski definition) is 1. The average Bonchev–Trinajstić information content (AvgIpc) is 3.38. The van der Waals surface area contributed by atoms with Crippen molar-refractivity contribution in [1.29, 1.82) is 0 Å². The molecule has 47 heavy (non-hydrogen) atoms. The molecule has 0 aromatic heterocycles. The molecule has 1 aromatic rings. The van der Waals surface area contributed by atoms with Crippen LogP contribution in [0.5, 0.6) is 11.5 Å². The third-order valence-electron chi connectivity index (χ3n) is 10.8. The van der Waals surface area contributed by atoms with Crippen molar-refractivity contribution < 1.29 is 53.2 Å². The number of unbranched alkanes of at least 4 members (excludes halogenated alkanes) is 1. The summed E-state index contributed by atoms with van der Waals surface area (Å²) in [7, 11) is 1.33. The summed E-state index contributed by atoms with van der Waals surface area (Å²) in [6, 6.07) is 4.05. The number of benzene rings is 1. The zero-order chi connectivity index (χ0) is 33.9. The van der Waals surface area contributed by atoms with Crippen LogP contribution in [0.4, 0.5) is 4.79 Å². The van der Waals surface area contributed by atoms with Crippen molar-refractivity contribution in [2.24, 2.45) is 34.5 Å². The van der Waals surface area contributed by atoms with E-state index in [0.717, 1.165) is 24.8 Å². The van der Waals surface area contributed by atoms with Gasteiger partial charge in [0.1, 0.15) is 0 Å². The summed E-state index contributed by atoms with van der Waals surface area (Å²) >= 11 is 0. The molecule has 0 saturated heterocycles. The number of carbonyl (C=O) groups excluding carboxylic acids is 4. The number of Topliss-reactive ketones (excluding diaryl/α,β-unsaturated/α-hetero) is 1. The molecule has 3 fully saturated rings. The third kappa shape index (κ3) is 6.90. The molecular weight excluding hydrogens is 614 g/mol. The van der Waals surface area contributed by atoms with Crippen molar-refractivity contribution in [2.75, 3.05) is 26.9 Å². The standard InChI is InChI=1S/C34H41NO12/c1-33-13-12-22(36)17-21(33)7-8-23-24-9-10-25(34(24,2)18-26(37)30(23)33)27(38)19-45-32(40)47-28-11-6-20(16-29(28)43-3)31(39)44-14-4-5-15-46-35(41)42/h6,11-13,16-17,23-26,30,37H,4-5,7-10,14-15,18-19H2,1-3H3. The van der Waals surface area contributed by atoms with E-state index < -0.39 is 35.3 Å². The van der Waals surface area contributed by atoms with Crippen LogP contribution in [0.2, 0.25) is 0 Å². The van der Waals surface area contributed by atoms with Gasteiger partial charge in [-0.2, -0.15) is 0 Å². The molecule has 7 atom stereocenters. The molecule has 13 nitrogen and oxygen atoms in total. The molecule has 0 amide bonds. The molecule has 1 N–H and O–H groups in total. The van der Waals surface area contributed by atoms with Gasteiger partial charge in [0.25, 0.3) is 5.09 Å². The highest BCUT2D eigenvalue weighted by molar-refractivity contribution is 6.01. The maximum atomic E-state index is 13.5. The number of ether oxygens (including phenoxy) is 4. The van der Waals surface area contributed by atoms with E-state index in [9.17, 15) is 34.4 Å². The van der Waals surface area contributed by atoms with Crippen LogP contribution < -0.4 is 9.47 Å². The predicted molar refractivity (Wildman–Crippen MR) is 164 cm³/mol. The smallest absolute Gasteiger partial charge is 0.493 e. The van der Waals surface area contributed by atoms with Crippen molar-refractivity contribution in [3.63, 3.8) is 0 Å². The largest absolute Gasteiger partial charge is 0.514 e. The van der Waals surface area contributed by atoms with E-state index in [4.69, 9.17) is 18.9 Å². The molecule has 4 aliphatic rings. The first-order chi connectivity index (χ1) is 22.4. The summed E-state index contributed by atoms with van der Waals surface area (Å²) in [5, 5.41) is 20.8. The molecule has 13 heteroatoms. The lowest BCUT2D eigenvalue weighted by Gasteiger charge is -2.58. The second kappa shape index (κ2) is 13.8. The average molecular weight is 656 g/mol. The Labute approximate surface area is 272 Å². The molecule has 5 rings (SSSR count). The van der Waals surface area contributed by atoms with Gasteiger partial charge >= 0.3 is 12.1 Å². The first kappa shape index (κ1) is 34.1. The zero-order valence-electron chi connectivity index (χ0n) is 26.8. The van der Waals surface area contributed by atoms with Gasteiger partial charge in [0, 0.05) is 17.3 Å². The van der Waals surface area contributed by atoms with Gasteiger partial charge in [-0.05, 0) is 92.5 Å². The van der Waals surface area contributed by atoms with Crippen LogP contribution in [0, 0.1) is 44.6 Å². The number of allylic oxidation sites excluding steroid dienone is 4. The van der Waals surface area contributed by atoms with Crippen LogP contribution in [-0.4, -0.2) is 66.9 Å². The van der Waals surface area contributed by atoms with Gasteiger partial charge in [0.15, 0.2) is 29.7 Å². The molecule has 7 unspecified atom stereocenters. The lowest BCUT2D eigenvalue weighted by atomic mass is 9.46. The Morgan fingerprint density at radius 3 is 2.57 bits per heavy atom. The maximum Gasteiger partial charge on any atom is 0.514 e. The van der Waals surface area contributed by atoms with Crippen molar-refractivity contribution in [3.8, 4) is 11.5 Å². The lowest BCUT2D eigenvalue weighted by molar-refractivity contribution is -0.757. The first-order valence-corrected chi connectivity index (χ1v) is 16.0. The van der Waals surface area contributed by atoms with E-state index in [2.05, 4.69) is 18.7 Å². The van der Waals surface area contributed by atoms with E-state index >= 15 is 0 Å². The number of hydrogen-bond acceptors (Lipinski definition) is 12. The Morgan fingerprint density at radius 1 is 1.06 bits per heavy atom. The summed E-state index contributed by atoms with van der Waals surface area (Å²) < 4.78 is 20.9. The number of fused-ring (bicyclic) bond motifs is 5. The second-order valence-corrected chi connectivity index (χ2v) is 13.3. The molecular formula is C34H41NO12. The summed E-state index contributed by atoms with van der Waals surface area (Å²) in [5.41, 5.74) is 0.373. The van der Waals surface area contributed by atoms with Crippen LogP contribution in [0.25, 0.3) is 0 Å². The minimum Gasteiger partial charge on any atom is -0.493 e. The Kier molecular flexibility index (Phi) is 10.0. The lowest BCUT2D eigenvalue weighted by Crippen LogP contribution is -2.56. The quantitative estimate of drug-likeness (QED) is 0.107. The molecule has 3 saturated carbocycles. The summed E-state index contributed by atoms with van der Waals surface area (Å²) in [5.74, 6) is -0.848. The fraction of sp³-hybridized carbons (Fsp3) is 0.588. The molecule has 0 aliphatic heterocycles. The zero-order valence-corrected chi connectivity index (χ0v) is 26.8. The monoisotopic (exact) mass is 655 g/mol. The fourth-order valence-corrected chi connectivity index (χ4v) is 8.67. The van der Waals surface area contributed by atoms with Crippen molar-refractivity contribution in [3.05, 3.63) is 57.7 Å². The maximum absolute atomic E-state index is 13.5. The van der Waals surface area contributed by atoms with Gasteiger partial charge < -0.3 is 28.9 Å². The highest BCUT2D eigenvalue weighted by Gasteiger charge is 2.62. The summed E-state index contributed by atoms with van der Waals surface area (Å²) in [4.78, 5) is 64.9. The van der Waals surface area contributed by atoms with Gasteiger partial charge in [-0.1, -0.05) is 25.5 Å². The van der Waals surface area contributed by atoms with Crippen molar-refractivity contribution >= 4 is 23.7 Å². The second-order valence-electron chi connectivity index (χ2n) is 13.3. The molecule has 0 bridgehead atoms. The van der Waals surface area contributed by atoms with Crippen LogP contribution in [0.1, 0.15) is 69.2 Å². The molecule has 1 aromatic carbocycles. The van der Waals surface area contributed by atoms with Crippen molar-refractivity contribution in [2.45, 2.75) is 64.9 Å². The van der Waals surface area contributed by atoms with E-state index in [-0.39, 0.29) is 70.9 Å². The van der Waals surface area contributed by atoms with Gasteiger partial charge in [-0.15, -0.1) is 10.1 Å². The Balaban J connectivity index is 1.14. The predicted octanol–water partition coefficient (Wildman–Crippen LogP) is 4.82. The van der Waals surface area contributed by atoms with Gasteiger partial charge in [0.05, 0.1) is 32.0 Å². The number of rotatable bonds is 12. The van der Waals surface area contributed by atoms with Crippen LogP contribution in [0.15, 0.2) is 42.0 Å². The van der Waals surface area contributed by atoms with E-state index in [1.807, 2.05) is 6.08 Å². The third-order valence-corrected chi connectivity index (χ3v) is 10.8.